The first-order valence-corrected chi connectivity index (χ1v) is 13.1. The number of aryl methyl sites for hydroxylation is 1. The van der Waals surface area contributed by atoms with Gasteiger partial charge >= 0.3 is 29.2 Å². The van der Waals surface area contributed by atoms with Crippen molar-refractivity contribution in [3.63, 3.8) is 0 Å². The van der Waals surface area contributed by atoms with Crippen molar-refractivity contribution in [2.24, 2.45) is 5.73 Å². The number of hydrogen-bond donors (Lipinski definition) is 7. The van der Waals surface area contributed by atoms with Crippen molar-refractivity contribution in [2.75, 3.05) is 0 Å². The Morgan fingerprint density at radius 2 is 1.82 bits per heavy atom. The third kappa shape index (κ3) is 6.36. The summed E-state index contributed by atoms with van der Waals surface area (Å²) in [6.07, 6.45) is -1.41. The molecule has 7 atom stereocenters. The van der Waals surface area contributed by atoms with Crippen molar-refractivity contribution >= 4 is 23.5 Å². The Bertz CT molecular complexity index is 1220. The number of nitrogens with zero attached hydrogens (tertiary/aromatic N) is 1. The molecular formula is C13H20N3O14P3. The lowest BCUT2D eigenvalue weighted by atomic mass is 9.90. The van der Waals surface area contributed by atoms with Gasteiger partial charge in [0.15, 0.2) is 11.8 Å². The molecule has 2 rings (SSSR count). The summed E-state index contributed by atoms with van der Waals surface area (Å²) in [6.45, 7) is 2.36. The van der Waals surface area contributed by atoms with Gasteiger partial charge in [0.1, 0.15) is 12.2 Å². The summed E-state index contributed by atoms with van der Waals surface area (Å²) in [5.74, 6) is 2.06. The maximum absolute atomic E-state index is 12.3. The first-order chi connectivity index (χ1) is 14.8. The molecule has 0 bridgehead atoms. The zero-order valence-electron chi connectivity index (χ0n) is 16.7. The van der Waals surface area contributed by atoms with Gasteiger partial charge in [-0.2, -0.15) is 8.62 Å². The minimum atomic E-state index is -5.79. The largest absolute Gasteiger partial charge is 0.490 e. The molecule has 17 nitrogen and oxygen atoms in total. The highest BCUT2D eigenvalue weighted by Gasteiger charge is 2.57. The number of aliphatic hydroxyl groups is 1. The number of ether oxygens (including phenoxy) is 1. The smallest absolute Gasteiger partial charge is 0.387 e. The molecule has 186 valence electrons. The standard InChI is InChI=1S/C13H20N3O14P3/c1-4-13(14)10(18)9(27-11(13)16-6(2)5-8(17)15-12(16)19)7(3)28-32(23,24)30-33(25,26)29-31(20,21)22/h1,5,7,9-11,18H,14H2,2-3H3,(H,23,24)(H,25,26)(H,15,17,19)(H2,20,21,22)/t7-,9-,10+,11-,13?/m1/s1. The highest BCUT2D eigenvalue weighted by atomic mass is 31.3. The van der Waals surface area contributed by atoms with Crippen molar-refractivity contribution in [2.45, 2.75) is 43.9 Å². The topological polar surface area (TPSA) is 270 Å². The van der Waals surface area contributed by atoms with Crippen LogP contribution in [0.1, 0.15) is 18.8 Å². The Morgan fingerprint density at radius 1 is 1.24 bits per heavy atom. The molecule has 1 aromatic rings. The molecule has 0 radical (unpaired) electrons. The molecule has 8 N–H and O–H groups in total. The van der Waals surface area contributed by atoms with Gasteiger partial charge < -0.3 is 35.2 Å². The number of rotatable bonds is 8. The monoisotopic (exact) mass is 535 g/mol. The molecule has 1 aliphatic rings. The van der Waals surface area contributed by atoms with E-state index in [0.717, 1.165) is 17.6 Å². The van der Waals surface area contributed by atoms with Gasteiger partial charge in [-0.25, -0.2) is 18.5 Å². The summed E-state index contributed by atoms with van der Waals surface area (Å²) in [5.41, 5.74) is 2.21. The highest BCUT2D eigenvalue weighted by Crippen LogP contribution is 2.66. The van der Waals surface area contributed by atoms with Crippen LogP contribution in [0.25, 0.3) is 0 Å². The normalized spacial score (nSPS) is 30.2. The fourth-order valence-electron chi connectivity index (χ4n) is 3.03. The van der Waals surface area contributed by atoms with Gasteiger partial charge in [0.05, 0.1) is 6.10 Å². The lowest BCUT2D eigenvalue weighted by Crippen LogP contribution is -2.56. The molecule has 1 aliphatic heterocycles. The van der Waals surface area contributed by atoms with Crippen molar-refractivity contribution < 1.29 is 56.3 Å². The van der Waals surface area contributed by atoms with Crippen LogP contribution >= 0.6 is 23.5 Å². The summed E-state index contributed by atoms with van der Waals surface area (Å²) < 4.78 is 52.4. The second kappa shape index (κ2) is 9.29. The number of aromatic nitrogens is 2. The molecule has 0 spiro atoms. The average molecular weight is 535 g/mol. The fourth-order valence-corrected chi connectivity index (χ4v) is 6.23. The summed E-state index contributed by atoms with van der Waals surface area (Å²) >= 11 is 0. The molecule has 1 saturated heterocycles. The van der Waals surface area contributed by atoms with Crippen LogP contribution in [-0.2, 0) is 31.6 Å². The van der Waals surface area contributed by atoms with Crippen molar-refractivity contribution in [1.29, 1.82) is 0 Å². The number of terminal acetylenes is 1. The van der Waals surface area contributed by atoms with Crippen LogP contribution in [0.4, 0.5) is 0 Å². The molecule has 3 unspecified atom stereocenters. The third-order valence-electron chi connectivity index (χ3n) is 4.33. The molecule has 2 heterocycles. The predicted molar refractivity (Wildman–Crippen MR) is 106 cm³/mol. The molecule has 33 heavy (non-hydrogen) atoms. The Hall–Kier alpha value is -1.47. The zero-order valence-corrected chi connectivity index (χ0v) is 19.4. The Morgan fingerprint density at radius 3 is 2.30 bits per heavy atom. The quantitative estimate of drug-likeness (QED) is 0.142. The maximum atomic E-state index is 12.3. The SMILES string of the molecule is C#CC1(N)[C@@H](O)[C@@H]([C@@H](C)OP(=O)(O)OP(=O)(O)OP(=O)(O)O)O[C@H]1n1c(C)cc(=O)[nH]c1=O. The van der Waals surface area contributed by atoms with Crippen LogP contribution in [0.5, 0.6) is 0 Å². The van der Waals surface area contributed by atoms with Crippen molar-refractivity contribution in [3.8, 4) is 12.3 Å². The first-order valence-electron chi connectivity index (χ1n) is 8.57. The summed E-state index contributed by atoms with van der Waals surface area (Å²) in [7, 11) is -17.0. The number of phosphoric acid groups is 3. The van der Waals surface area contributed by atoms with E-state index in [1.165, 1.54) is 6.92 Å². The van der Waals surface area contributed by atoms with Crippen molar-refractivity contribution in [1.82, 2.24) is 9.55 Å². The lowest BCUT2D eigenvalue weighted by molar-refractivity contribution is -0.0760. The number of nitrogens with two attached hydrogens (primary N) is 1. The molecule has 20 heteroatoms. The Labute approximate surface area is 184 Å². The van der Waals surface area contributed by atoms with Crippen LogP contribution in [0.2, 0.25) is 0 Å². The molecule has 1 aromatic heterocycles. The average Bonchev–Trinajstić information content (AvgIpc) is 2.83. The van der Waals surface area contributed by atoms with E-state index in [-0.39, 0.29) is 5.69 Å². The van der Waals surface area contributed by atoms with Crippen molar-refractivity contribution in [3.05, 3.63) is 32.6 Å². The van der Waals surface area contributed by atoms with E-state index in [9.17, 15) is 38.2 Å². The summed E-state index contributed by atoms with van der Waals surface area (Å²) in [4.78, 5) is 61.7. The molecule has 0 aromatic carbocycles. The van der Waals surface area contributed by atoms with Gasteiger partial charge in [0.2, 0.25) is 0 Å². The number of phosphoric ester groups is 1. The van der Waals surface area contributed by atoms with Crippen LogP contribution < -0.4 is 17.0 Å². The van der Waals surface area contributed by atoms with E-state index in [2.05, 4.69) is 19.1 Å². The molecule has 0 aliphatic carbocycles. The zero-order chi connectivity index (χ0) is 25.6. The molecule has 0 saturated carbocycles. The Balaban J connectivity index is 2.33. The second-order valence-electron chi connectivity index (χ2n) is 6.83. The van der Waals surface area contributed by atoms with Gasteiger partial charge in [-0.15, -0.1) is 6.42 Å². The van der Waals surface area contributed by atoms with Crippen LogP contribution in [-0.4, -0.2) is 58.1 Å². The van der Waals surface area contributed by atoms with E-state index in [1.807, 2.05) is 4.98 Å². The fraction of sp³-hybridized carbons (Fsp3) is 0.538. The number of hydrogen-bond acceptors (Lipinski definition) is 11. The second-order valence-corrected chi connectivity index (χ2v) is 11.2. The van der Waals surface area contributed by atoms with Gasteiger partial charge in [-0.3, -0.25) is 18.9 Å². The molecular weight excluding hydrogens is 515 g/mol. The lowest BCUT2D eigenvalue weighted by Gasteiger charge is -2.29. The van der Waals surface area contributed by atoms with E-state index < -0.39 is 64.8 Å². The number of nitrogens with one attached hydrogen (secondary N) is 1. The van der Waals surface area contributed by atoms with Crippen LogP contribution in [0.3, 0.4) is 0 Å². The summed E-state index contributed by atoms with van der Waals surface area (Å²) in [5, 5.41) is 10.6. The third-order valence-corrected chi connectivity index (χ3v) is 8.25. The summed E-state index contributed by atoms with van der Waals surface area (Å²) in [6, 6.07) is 1.01. The van der Waals surface area contributed by atoms with E-state index in [0.29, 0.717) is 0 Å². The maximum Gasteiger partial charge on any atom is 0.490 e. The van der Waals surface area contributed by atoms with Gasteiger partial charge in [-0.05, 0) is 13.8 Å². The highest BCUT2D eigenvalue weighted by molar-refractivity contribution is 7.66. The van der Waals surface area contributed by atoms with E-state index in [4.69, 9.17) is 26.7 Å². The van der Waals surface area contributed by atoms with Gasteiger partial charge in [0, 0.05) is 11.8 Å². The minimum Gasteiger partial charge on any atom is -0.387 e. The minimum absolute atomic E-state index is 0.0345. The van der Waals surface area contributed by atoms with Gasteiger partial charge in [0.25, 0.3) is 5.56 Å². The molecule has 0 amide bonds. The van der Waals surface area contributed by atoms with E-state index in [1.54, 1.807) is 0 Å². The Kier molecular flexibility index (Phi) is 7.82. The number of aromatic amines is 1. The number of H-pyrrole nitrogens is 1. The molecule has 1 fully saturated rings. The number of aliphatic hydroxyl groups excluding tert-OH is 1. The predicted octanol–water partition coefficient (Wildman–Crippen LogP) is -1.83. The van der Waals surface area contributed by atoms with Gasteiger partial charge in [-0.1, -0.05) is 5.92 Å². The first kappa shape index (κ1) is 27.8. The van der Waals surface area contributed by atoms with Crippen LogP contribution in [0, 0.1) is 19.3 Å². The van der Waals surface area contributed by atoms with E-state index >= 15 is 0 Å². The van der Waals surface area contributed by atoms with Crippen LogP contribution in [0.15, 0.2) is 15.7 Å².